The first-order valence-corrected chi connectivity index (χ1v) is 7.57. The lowest BCUT2D eigenvalue weighted by molar-refractivity contribution is -0.142. The van der Waals surface area contributed by atoms with Crippen molar-refractivity contribution in [2.75, 3.05) is 6.54 Å². The fourth-order valence-corrected chi connectivity index (χ4v) is 1.85. The van der Waals surface area contributed by atoms with Crippen molar-refractivity contribution >= 4 is 18.0 Å². The van der Waals surface area contributed by atoms with Gasteiger partial charge in [0.15, 0.2) is 0 Å². The van der Waals surface area contributed by atoms with Crippen LogP contribution >= 0.6 is 0 Å². The monoisotopic (exact) mass is 338 g/mol. The summed E-state index contributed by atoms with van der Waals surface area (Å²) in [7, 11) is 0. The molecule has 2 amide bonds. The van der Waals surface area contributed by atoms with Gasteiger partial charge in [0.05, 0.1) is 12.5 Å². The molecule has 0 radical (unpaired) electrons. The van der Waals surface area contributed by atoms with Gasteiger partial charge in [-0.15, -0.1) is 0 Å². The first-order valence-electron chi connectivity index (χ1n) is 7.57. The highest BCUT2D eigenvalue weighted by Crippen LogP contribution is 2.01. The van der Waals surface area contributed by atoms with E-state index in [1.807, 2.05) is 18.2 Å². The fourth-order valence-electron chi connectivity index (χ4n) is 1.85. The molecule has 0 heterocycles. The molecule has 0 aliphatic carbocycles. The van der Waals surface area contributed by atoms with Crippen LogP contribution in [0.25, 0.3) is 0 Å². The van der Waals surface area contributed by atoms with Crippen LogP contribution in [0.2, 0.25) is 0 Å². The molecule has 1 rings (SSSR count). The summed E-state index contributed by atoms with van der Waals surface area (Å²) in [4.78, 5) is 33.9. The van der Waals surface area contributed by atoms with E-state index < -0.39 is 30.1 Å². The molecule has 0 saturated heterocycles. The van der Waals surface area contributed by atoms with Crippen LogP contribution in [-0.2, 0) is 20.9 Å². The lowest BCUT2D eigenvalue weighted by atomic mass is 10.2. The Balaban J connectivity index is 2.24. The van der Waals surface area contributed by atoms with Crippen molar-refractivity contribution in [2.24, 2.45) is 0 Å². The van der Waals surface area contributed by atoms with Crippen molar-refractivity contribution in [3.8, 4) is 0 Å². The van der Waals surface area contributed by atoms with E-state index in [1.165, 1.54) is 0 Å². The van der Waals surface area contributed by atoms with Crippen molar-refractivity contribution in [2.45, 2.75) is 38.5 Å². The van der Waals surface area contributed by atoms with Crippen molar-refractivity contribution in [1.82, 2.24) is 10.6 Å². The zero-order valence-corrected chi connectivity index (χ0v) is 13.4. The minimum absolute atomic E-state index is 0.0973. The van der Waals surface area contributed by atoms with Crippen LogP contribution in [0.5, 0.6) is 0 Å². The maximum Gasteiger partial charge on any atom is 0.407 e. The van der Waals surface area contributed by atoms with Gasteiger partial charge in [0.1, 0.15) is 12.6 Å². The van der Waals surface area contributed by atoms with Crippen molar-refractivity contribution in [3.63, 3.8) is 0 Å². The number of alkyl carbamates (subject to hydrolysis) is 1. The number of rotatable bonds is 9. The molecular formula is C16H22N2O6. The third-order valence-corrected chi connectivity index (χ3v) is 3.16. The molecule has 0 bridgehead atoms. The topological polar surface area (TPSA) is 125 Å². The van der Waals surface area contributed by atoms with E-state index in [1.54, 1.807) is 19.1 Å². The quantitative estimate of drug-likeness (QED) is 0.524. The average Bonchev–Trinajstić information content (AvgIpc) is 2.56. The average molecular weight is 338 g/mol. The van der Waals surface area contributed by atoms with E-state index in [9.17, 15) is 19.5 Å². The van der Waals surface area contributed by atoms with E-state index >= 15 is 0 Å². The van der Waals surface area contributed by atoms with Crippen LogP contribution in [0.15, 0.2) is 30.3 Å². The van der Waals surface area contributed by atoms with Crippen LogP contribution < -0.4 is 10.6 Å². The molecule has 0 aliphatic heterocycles. The van der Waals surface area contributed by atoms with Gasteiger partial charge < -0.3 is 25.6 Å². The number of hydrogen-bond donors (Lipinski definition) is 4. The van der Waals surface area contributed by atoms with Gasteiger partial charge in [-0.05, 0) is 12.0 Å². The van der Waals surface area contributed by atoms with Gasteiger partial charge in [0.25, 0.3) is 0 Å². The van der Waals surface area contributed by atoms with Gasteiger partial charge in [0.2, 0.25) is 5.91 Å². The Morgan fingerprint density at radius 3 is 2.46 bits per heavy atom. The lowest BCUT2D eigenvalue weighted by Gasteiger charge is -2.15. The van der Waals surface area contributed by atoms with Crippen molar-refractivity contribution in [3.05, 3.63) is 35.9 Å². The number of aliphatic hydroxyl groups excluding tert-OH is 1. The SMILES string of the molecule is CC[C@@H](NC(=O)C[C@H](O)CNC(=O)OCc1ccccc1)C(=O)O. The zero-order chi connectivity index (χ0) is 17.9. The molecular weight excluding hydrogens is 316 g/mol. The summed E-state index contributed by atoms with van der Waals surface area (Å²) < 4.78 is 4.96. The minimum atomic E-state index is -1.14. The number of carboxylic acid groups (broad SMARTS) is 1. The second-order valence-corrected chi connectivity index (χ2v) is 5.17. The highest BCUT2D eigenvalue weighted by atomic mass is 16.5. The maximum absolute atomic E-state index is 11.6. The predicted molar refractivity (Wildman–Crippen MR) is 85.1 cm³/mol. The maximum atomic E-state index is 11.6. The number of carboxylic acids is 1. The summed E-state index contributed by atoms with van der Waals surface area (Å²) in [6, 6.07) is 8.10. The molecule has 2 atom stereocenters. The number of aliphatic hydroxyl groups is 1. The van der Waals surface area contributed by atoms with E-state index in [0.29, 0.717) is 0 Å². The summed E-state index contributed by atoms with van der Waals surface area (Å²) in [6.07, 6.45) is -1.93. The number of ether oxygens (including phenoxy) is 1. The number of carbonyl (C=O) groups excluding carboxylic acids is 2. The number of hydrogen-bond acceptors (Lipinski definition) is 5. The van der Waals surface area contributed by atoms with Gasteiger partial charge in [-0.25, -0.2) is 9.59 Å². The summed E-state index contributed by atoms with van der Waals surface area (Å²) in [5, 5.41) is 23.2. The molecule has 1 aromatic carbocycles. The Kier molecular flexibility index (Phi) is 8.28. The number of aliphatic carboxylic acids is 1. The summed E-state index contributed by atoms with van der Waals surface area (Å²) in [5.74, 6) is -1.74. The molecule has 0 fully saturated rings. The molecule has 0 spiro atoms. The predicted octanol–water partition coefficient (Wildman–Crippen LogP) is 0.643. The Morgan fingerprint density at radius 2 is 1.88 bits per heavy atom. The largest absolute Gasteiger partial charge is 0.480 e. The molecule has 1 aromatic rings. The Hall–Kier alpha value is -2.61. The normalized spacial score (nSPS) is 12.8. The Bertz CT molecular complexity index is 549. The number of nitrogens with one attached hydrogen (secondary N) is 2. The molecule has 8 heteroatoms. The number of amides is 2. The third kappa shape index (κ3) is 7.59. The van der Waals surface area contributed by atoms with Crippen molar-refractivity contribution < 1.29 is 29.3 Å². The molecule has 0 saturated carbocycles. The van der Waals surface area contributed by atoms with Gasteiger partial charge in [0, 0.05) is 6.54 Å². The number of carbonyl (C=O) groups is 3. The van der Waals surface area contributed by atoms with Gasteiger partial charge >= 0.3 is 12.1 Å². The molecule has 8 nitrogen and oxygen atoms in total. The van der Waals surface area contributed by atoms with Crippen LogP contribution in [-0.4, -0.2) is 46.9 Å². The van der Waals surface area contributed by atoms with Gasteiger partial charge in [-0.1, -0.05) is 37.3 Å². The van der Waals surface area contributed by atoms with E-state index in [2.05, 4.69) is 10.6 Å². The second kappa shape index (κ2) is 10.2. The van der Waals surface area contributed by atoms with Crippen LogP contribution in [0.1, 0.15) is 25.3 Å². The van der Waals surface area contributed by atoms with Gasteiger partial charge in [-0.2, -0.15) is 0 Å². The summed E-state index contributed by atoms with van der Waals surface area (Å²) in [5.41, 5.74) is 0.826. The molecule has 0 unspecified atom stereocenters. The van der Waals surface area contributed by atoms with E-state index in [0.717, 1.165) is 5.56 Å². The van der Waals surface area contributed by atoms with Crippen LogP contribution in [0.4, 0.5) is 4.79 Å². The third-order valence-electron chi connectivity index (χ3n) is 3.16. The zero-order valence-electron chi connectivity index (χ0n) is 13.4. The molecule has 24 heavy (non-hydrogen) atoms. The molecule has 0 aromatic heterocycles. The van der Waals surface area contributed by atoms with Gasteiger partial charge in [-0.3, -0.25) is 4.79 Å². The van der Waals surface area contributed by atoms with Crippen LogP contribution in [0.3, 0.4) is 0 Å². The molecule has 4 N–H and O–H groups in total. The lowest BCUT2D eigenvalue weighted by Crippen LogP contribution is -2.43. The summed E-state index contributed by atoms with van der Waals surface area (Å²) >= 11 is 0. The van der Waals surface area contributed by atoms with Crippen molar-refractivity contribution in [1.29, 1.82) is 0 Å². The highest BCUT2D eigenvalue weighted by molar-refractivity contribution is 5.83. The van der Waals surface area contributed by atoms with E-state index in [4.69, 9.17) is 9.84 Å². The van der Waals surface area contributed by atoms with Crippen LogP contribution in [0, 0.1) is 0 Å². The standard InChI is InChI=1S/C16H22N2O6/c1-2-13(15(21)22)18-14(20)8-12(19)9-17-16(23)24-10-11-6-4-3-5-7-11/h3-7,12-13,19H,2,8-10H2,1H3,(H,17,23)(H,18,20)(H,21,22)/t12-,13+/m0/s1. The first-order chi connectivity index (χ1) is 11.4. The molecule has 0 aliphatic rings. The van der Waals surface area contributed by atoms with E-state index in [-0.39, 0.29) is 26.0 Å². The fraction of sp³-hybridized carbons (Fsp3) is 0.438. The summed E-state index contributed by atoms with van der Waals surface area (Å²) in [6.45, 7) is 1.55. The smallest absolute Gasteiger partial charge is 0.407 e. The first kappa shape index (κ1) is 19.4. The number of benzene rings is 1. The Morgan fingerprint density at radius 1 is 1.21 bits per heavy atom. The molecule has 132 valence electrons. The minimum Gasteiger partial charge on any atom is -0.480 e. The highest BCUT2D eigenvalue weighted by Gasteiger charge is 2.19. The Labute approximate surface area is 139 Å². The second-order valence-electron chi connectivity index (χ2n) is 5.17.